The van der Waals surface area contributed by atoms with Crippen molar-refractivity contribution in [1.29, 1.82) is 0 Å². The SMILES string of the molecule is COc1ccc(CC(=O)OCC(=O)Nc2cc(C(C)(C)C)no2)cc1OC. The molecule has 8 nitrogen and oxygen atoms in total. The number of nitrogens with one attached hydrogen (secondary N) is 1. The first-order valence-corrected chi connectivity index (χ1v) is 8.36. The molecule has 0 radical (unpaired) electrons. The lowest BCUT2D eigenvalue weighted by Crippen LogP contribution is -2.21. The highest BCUT2D eigenvalue weighted by molar-refractivity contribution is 5.91. The predicted molar refractivity (Wildman–Crippen MR) is 98.0 cm³/mol. The molecule has 2 rings (SSSR count). The number of aromatic nitrogens is 1. The molecular formula is C19H24N2O6. The van der Waals surface area contributed by atoms with Gasteiger partial charge in [0.25, 0.3) is 5.91 Å². The van der Waals surface area contributed by atoms with E-state index in [1.165, 1.54) is 14.2 Å². The molecule has 1 amide bonds. The van der Waals surface area contributed by atoms with Crippen LogP contribution in [0, 0.1) is 0 Å². The molecule has 0 aliphatic heterocycles. The van der Waals surface area contributed by atoms with Crippen molar-refractivity contribution in [3.05, 3.63) is 35.5 Å². The van der Waals surface area contributed by atoms with E-state index in [2.05, 4.69) is 10.5 Å². The number of esters is 1. The van der Waals surface area contributed by atoms with Crippen LogP contribution < -0.4 is 14.8 Å². The Morgan fingerprint density at radius 3 is 2.41 bits per heavy atom. The molecule has 2 aromatic rings. The second-order valence-corrected chi connectivity index (χ2v) is 6.90. The highest BCUT2D eigenvalue weighted by Gasteiger charge is 2.20. The average Bonchev–Trinajstić information content (AvgIpc) is 3.08. The van der Waals surface area contributed by atoms with E-state index in [0.29, 0.717) is 22.8 Å². The molecule has 1 heterocycles. The third-order valence-corrected chi connectivity index (χ3v) is 3.70. The summed E-state index contributed by atoms with van der Waals surface area (Å²) in [5.41, 5.74) is 1.20. The van der Waals surface area contributed by atoms with Crippen LogP contribution in [0.3, 0.4) is 0 Å². The third-order valence-electron chi connectivity index (χ3n) is 3.70. The van der Waals surface area contributed by atoms with Gasteiger partial charge in [0.2, 0.25) is 5.88 Å². The van der Waals surface area contributed by atoms with Gasteiger partial charge in [0.15, 0.2) is 18.1 Å². The third kappa shape index (κ3) is 5.73. The first kappa shape index (κ1) is 20.3. The Balaban J connectivity index is 1.84. The molecule has 1 aromatic carbocycles. The van der Waals surface area contributed by atoms with Crippen molar-refractivity contribution in [1.82, 2.24) is 5.16 Å². The number of hydrogen-bond donors (Lipinski definition) is 1. The topological polar surface area (TPSA) is 99.9 Å². The summed E-state index contributed by atoms with van der Waals surface area (Å²) in [6.45, 7) is 5.52. The van der Waals surface area contributed by atoms with E-state index in [-0.39, 0.29) is 17.7 Å². The summed E-state index contributed by atoms with van der Waals surface area (Å²) in [6, 6.07) is 6.75. The van der Waals surface area contributed by atoms with Gasteiger partial charge in [-0.15, -0.1) is 0 Å². The van der Waals surface area contributed by atoms with Crippen LogP contribution in [0.4, 0.5) is 5.88 Å². The molecule has 0 unspecified atom stereocenters. The summed E-state index contributed by atoms with van der Waals surface area (Å²) in [7, 11) is 3.04. The molecule has 146 valence electrons. The largest absolute Gasteiger partial charge is 0.493 e. The fourth-order valence-corrected chi connectivity index (χ4v) is 2.22. The normalized spacial score (nSPS) is 11.0. The molecule has 8 heteroatoms. The molecule has 0 aliphatic carbocycles. The molecule has 0 bridgehead atoms. The standard InChI is InChI=1S/C19H24N2O6/c1-19(2,3)15-10-17(27-21-15)20-16(22)11-26-18(23)9-12-6-7-13(24-4)14(8-12)25-5/h6-8,10H,9,11H2,1-5H3,(H,20,22). The summed E-state index contributed by atoms with van der Waals surface area (Å²) in [4.78, 5) is 23.8. The molecule has 0 fully saturated rings. The van der Waals surface area contributed by atoms with E-state index >= 15 is 0 Å². The Kier molecular flexibility index (Phi) is 6.44. The Hall–Kier alpha value is -3.03. The zero-order chi connectivity index (χ0) is 20.0. The van der Waals surface area contributed by atoms with Crippen molar-refractivity contribution >= 4 is 17.8 Å². The Labute approximate surface area is 157 Å². The molecule has 27 heavy (non-hydrogen) atoms. The summed E-state index contributed by atoms with van der Waals surface area (Å²) in [5.74, 6) is 0.245. The van der Waals surface area contributed by atoms with E-state index in [1.807, 2.05) is 20.8 Å². The van der Waals surface area contributed by atoms with Gasteiger partial charge in [0.05, 0.1) is 26.3 Å². The number of anilines is 1. The van der Waals surface area contributed by atoms with Crippen molar-refractivity contribution in [2.45, 2.75) is 32.6 Å². The molecule has 0 aliphatic rings. The minimum absolute atomic E-state index is 0.00408. The number of amides is 1. The number of benzene rings is 1. The van der Waals surface area contributed by atoms with Crippen LogP contribution in [-0.2, 0) is 26.2 Å². The summed E-state index contributed by atoms with van der Waals surface area (Å²) < 4.78 is 20.4. The maximum absolute atomic E-state index is 11.9. The first-order valence-electron chi connectivity index (χ1n) is 8.36. The van der Waals surface area contributed by atoms with Gasteiger partial charge >= 0.3 is 5.97 Å². The van der Waals surface area contributed by atoms with E-state index in [0.717, 1.165) is 0 Å². The number of carbonyl (C=O) groups is 2. The van der Waals surface area contributed by atoms with Gasteiger partial charge in [-0.05, 0) is 17.7 Å². The second kappa shape index (κ2) is 8.57. The number of nitrogens with zero attached hydrogens (tertiary/aromatic N) is 1. The molecule has 0 atom stereocenters. The molecular weight excluding hydrogens is 352 g/mol. The minimum Gasteiger partial charge on any atom is -0.493 e. The number of hydrogen-bond acceptors (Lipinski definition) is 7. The van der Waals surface area contributed by atoms with Gasteiger partial charge in [-0.2, -0.15) is 0 Å². The fraction of sp³-hybridized carbons (Fsp3) is 0.421. The van der Waals surface area contributed by atoms with Crippen LogP contribution in [0.25, 0.3) is 0 Å². The predicted octanol–water partition coefficient (Wildman–Crippen LogP) is 2.71. The summed E-state index contributed by atoms with van der Waals surface area (Å²) in [5, 5.41) is 6.41. The molecule has 0 saturated heterocycles. The van der Waals surface area contributed by atoms with Crippen LogP contribution in [0.5, 0.6) is 11.5 Å². The monoisotopic (exact) mass is 376 g/mol. The Bertz CT molecular complexity index is 807. The van der Waals surface area contributed by atoms with Gasteiger partial charge < -0.3 is 18.7 Å². The number of methoxy groups -OCH3 is 2. The van der Waals surface area contributed by atoms with Gasteiger partial charge in [0, 0.05) is 11.5 Å². The summed E-state index contributed by atoms with van der Waals surface area (Å²) in [6.07, 6.45) is 0.00408. The maximum Gasteiger partial charge on any atom is 0.310 e. The highest BCUT2D eigenvalue weighted by atomic mass is 16.5. The quantitative estimate of drug-likeness (QED) is 0.742. The smallest absolute Gasteiger partial charge is 0.310 e. The highest BCUT2D eigenvalue weighted by Crippen LogP contribution is 2.27. The summed E-state index contributed by atoms with van der Waals surface area (Å²) >= 11 is 0. The zero-order valence-corrected chi connectivity index (χ0v) is 16.1. The Morgan fingerprint density at radius 1 is 1.11 bits per heavy atom. The fourth-order valence-electron chi connectivity index (χ4n) is 2.22. The van der Waals surface area contributed by atoms with E-state index in [4.69, 9.17) is 18.7 Å². The van der Waals surface area contributed by atoms with Crippen LogP contribution in [0.2, 0.25) is 0 Å². The minimum atomic E-state index is -0.537. The average molecular weight is 376 g/mol. The van der Waals surface area contributed by atoms with Crippen LogP contribution in [-0.4, -0.2) is 37.9 Å². The number of ether oxygens (including phenoxy) is 3. The molecule has 0 saturated carbocycles. The lowest BCUT2D eigenvalue weighted by molar-refractivity contribution is -0.146. The zero-order valence-electron chi connectivity index (χ0n) is 16.1. The molecule has 1 aromatic heterocycles. The van der Waals surface area contributed by atoms with Crippen LogP contribution in [0.15, 0.2) is 28.8 Å². The van der Waals surface area contributed by atoms with Crippen LogP contribution in [0.1, 0.15) is 32.0 Å². The van der Waals surface area contributed by atoms with Gasteiger partial charge in [-0.3, -0.25) is 14.9 Å². The molecule has 0 spiro atoms. The van der Waals surface area contributed by atoms with Gasteiger partial charge in [-0.1, -0.05) is 32.0 Å². The van der Waals surface area contributed by atoms with E-state index in [1.54, 1.807) is 24.3 Å². The lowest BCUT2D eigenvalue weighted by Gasteiger charge is -2.12. The van der Waals surface area contributed by atoms with E-state index in [9.17, 15) is 9.59 Å². The van der Waals surface area contributed by atoms with Crippen molar-refractivity contribution < 1.29 is 28.3 Å². The number of carbonyl (C=O) groups excluding carboxylic acids is 2. The van der Waals surface area contributed by atoms with Crippen molar-refractivity contribution in [2.75, 3.05) is 26.1 Å². The van der Waals surface area contributed by atoms with Gasteiger partial charge in [-0.25, -0.2) is 0 Å². The van der Waals surface area contributed by atoms with Crippen LogP contribution >= 0.6 is 0 Å². The Morgan fingerprint density at radius 2 is 1.81 bits per heavy atom. The van der Waals surface area contributed by atoms with Crippen molar-refractivity contribution in [2.24, 2.45) is 0 Å². The lowest BCUT2D eigenvalue weighted by atomic mass is 9.92. The maximum atomic E-state index is 11.9. The van der Waals surface area contributed by atoms with Gasteiger partial charge in [0.1, 0.15) is 0 Å². The first-order chi connectivity index (χ1) is 12.7. The van der Waals surface area contributed by atoms with E-state index < -0.39 is 18.5 Å². The van der Waals surface area contributed by atoms with Crippen molar-refractivity contribution in [3.8, 4) is 11.5 Å². The number of rotatable bonds is 7. The van der Waals surface area contributed by atoms with Crippen molar-refractivity contribution in [3.63, 3.8) is 0 Å². The molecule has 1 N–H and O–H groups in total. The second-order valence-electron chi connectivity index (χ2n) is 6.90.